The molecule has 0 aliphatic rings. The number of nitrogens with two attached hydrogens (primary N) is 1. The second-order valence-corrected chi connectivity index (χ2v) is 3.17. The fraction of sp³-hybridized carbons (Fsp3) is 0. The summed E-state index contributed by atoms with van der Waals surface area (Å²) in [5, 5.41) is 4.07. The van der Waals surface area contributed by atoms with Crippen LogP contribution in [-0.2, 0) is 0 Å². The highest BCUT2D eigenvalue weighted by atomic mass is 35.5. The number of furan rings is 1. The van der Waals surface area contributed by atoms with Crippen LogP contribution in [0.25, 0.3) is 0 Å². The number of hydrazone groups is 1. The van der Waals surface area contributed by atoms with Crippen molar-refractivity contribution in [1.82, 2.24) is 9.97 Å². The fourth-order valence-corrected chi connectivity index (χ4v) is 1.12. The number of halogens is 1. The first-order chi connectivity index (χ1) is 7.77. The Labute approximate surface area is 96.1 Å². The lowest BCUT2D eigenvalue weighted by atomic mass is 10.5. The van der Waals surface area contributed by atoms with E-state index < -0.39 is 0 Å². The third kappa shape index (κ3) is 2.29. The molecule has 0 unspecified atom stereocenters. The SMILES string of the molecule is Nc1c(Cl)ncnc1N/N=C/c1ccco1. The third-order valence-electron chi connectivity index (χ3n) is 1.74. The van der Waals surface area contributed by atoms with Crippen molar-refractivity contribution < 1.29 is 4.42 Å². The molecule has 6 nitrogen and oxygen atoms in total. The Kier molecular flexibility index (Phi) is 3.02. The highest BCUT2D eigenvalue weighted by molar-refractivity contribution is 6.32. The van der Waals surface area contributed by atoms with Gasteiger partial charge in [0.25, 0.3) is 0 Å². The zero-order valence-corrected chi connectivity index (χ0v) is 8.85. The Balaban J connectivity index is 2.08. The zero-order valence-electron chi connectivity index (χ0n) is 8.09. The van der Waals surface area contributed by atoms with Crippen molar-refractivity contribution in [2.75, 3.05) is 11.2 Å². The van der Waals surface area contributed by atoms with Crippen LogP contribution < -0.4 is 11.2 Å². The van der Waals surface area contributed by atoms with Gasteiger partial charge in [-0.2, -0.15) is 5.10 Å². The molecular formula is C9H8ClN5O. The maximum Gasteiger partial charge on any atom is 0.174 e. The number of rotatable bonds is 3. The smallest absolute Gasteiger partial charge is 0.174 e. The standard InChI is InChI=1S/C9H8ClN5O/c10-8-7(11)9(13-5-12-8)15-14-4-6-2-1-3-16-6/h1-5H,11H2,(H,12,13,15)/b14-4+. The molecule has 0 fully saturated rings. The molecule has 0 saturated carbocycles. The topological polar surface area (TPSA) is 89.3 Å². The van der Waals surface area contributed by atoms with Gasteiger partial charge in [-0.15, -0.1) is 0 Å². The number of aromatic nitrogens is 2. The number of nitrogens with zero attached hydrogens (tertiary/aromatic N) is 3. The maximum absolute atomic E-state index is 5.71. The van der Waals surface area contributed by atoms with Gasteiger partial charge in [0.2, 0.25) is 0 Å². The Morgan fingerprint density at radius 3 is 3.12 bits per heavy atom. The van der Waals surface area contributed by atoms with E-state index in [4.69, 9.17) is 21.8 Å². The minimum atomic E-state index is 0.186. The number of hydrogen-bond acceptors (Lipinski definition) is 6. The summed E-state index contributed by atoms with van der Waals surface area (Å²) in [5.41, 5.74) is 8.52. The van der Waals surface area contributed by atoms with Crippen LogP contribution in [0.15, 0.2) is 34.2 Å². The Hall–Kier alpha value is -2.08. The van der Waals surface area contributed by atoms with Gasteiger partial charge in [0.1, 0.15) is 17.8 Å². The average molecular weight is 238 g/mol. The number of anilines is 2. The quantitative estimate of drug-likeness (QED) is 0.482. The molecule has 7 heteroatoms. The van der Waals surface area contributed by atoms with Gasteiger partial charge >= 0.3 is 0 Å². The molecule has 0 atom stereocenters. The predicted molar refractivity (Wildman–Crippen MR) is 61.4 cm³/mol. The molecule has 0 amide bonds. The summed E-state index contributed by atoms with van der Waals surface area (Å²) in [7, 11) is 0. The average Bonchev–Trinajstić information content (AvgIpc) is 2.77. The van der Waals surface area contributed by atoms with E-state index in [-0.39, 0.29) is 10.8 Å². The summed E-state index contributed by atoms with van der Waals surface area (Å²) < 4.78 is 5.05. The zero-order chi connectivity index (χ0) is 11.4. The number of hydrogen-bond donors (Lipinski definition) is 2. The maximum atomic E-state index is 5.71. The van der Waals surface area contributed by atoms with E-state index in [9.17, 15) is 0 Å². The van der Waals surface area contributed by atoms with Gasteiger partial charge in [0, 0.05) is 0 Å². The minimum absolute atomic E-state index is 0.186. The van der Waals surface area contributed by atoms with E-state index in [2.05, 4.69) is 20.5 Å². The molecule has 2 aromatic heterocycles. The molecule has 0 saturated heterocycles. The van der Waals surface area contributed by atoms with Crippen LogP contribution in [0.2, 0.25) is 5.15 Å². The highest BCUT2D eigenvalue weighted by Gasteiger charge is 2.03. The van der Waals surface area contributed by atoms with Gasteiger partial charge in [-0.25, -0.2) is 9.97 Å². The lowest BCUT2D eigenvalue weighted by Crippen LogP contribution is -2.00. The largest absolute Gasteiger partial charge is 0.463 e. The summed E-state index contributed by atoms with van der Waals surface area (Å²) in [5.74, 6) is 0.967. The van der Waals surface area contributed by atoms with Gasteiger partial charge in [-0.3, -0.25) is 5.43 Å². The second kappa shape index (κ2) is 4.63. The molecule has 3 N–H and O–H groups in total. The Morgan fingerprint density at radius 2 is 2.38 bits per heavy atom. The van der Waals surface area contributed by atoms with E-state index in [1.807, 2.05) is 0 Å². The van der Waals surface area contributed by atoms with E-state index in [0.717, 1.165) is 0 Å². The van der Waals surface area contributed by atoms with E-state index in [1.54, 1.807) is 18.4 Å². The molecule has 0 aromatic carbocycles. The minimum Gasteiger partial charge on any atom is -0.463 e. The molecule has 16 heavy (non-hydrogen) atoms. The van der Waals surface area contributed by atoms with Crippen molar-refractivity contribution in [2.45, 2.75) is 0 Å². The molecule has 0 bridgehead atoms. The van der Waals surface area contributed by atoms with Gasteiger partial charge in [-0.05, 0) is 12.1 Å². The molecule has 0 spiro atoms. The summed E-state index contributed by atoms with van der Waals surface area (Å²) in [6, 6.07) is 3.53. The molecule has 2 heterocycles. The first kappa shape index (κ1) is 10.4. The van der Waals surface area contributed by atoms with Crippen molar-refractivity contribution in [3.8, 4) is 0 Å². The number of nitrogens with one attached hydrogen (secondary N) is 1. The summed E-state index contributed by atoms with van der Waals surface area (Å²) >= 11 is 5.71. The molecule has 0 aliphatic carbocycles. The lowest BCUT2D eigenvalue weighted by Gasteiger charge is -2.02. The first-order valence-corrected chi connectivity index (χ1v) is 4.73. The molecule has 0 aliphatic heterocycles. The molecule has 2 aromatic rings. The molecule has 82 valence electrons. The lowest BCUT2D eigenvalue weighted by molar-refractivity contribution is 0.560. The van der Waals surface area contributed by atoms with Gasteiger partial charge in [0.15, 0.2) is 11.0 Å². The van der Waals surface area contributed by atoms with E-state index in [1.165, 1.54) is 12.5 Å². The molecular weight excluding hydrogens is 230 g/mol. The third-order valence-corrected chi connectivity index (χ3v) is 2.04. The monoisotopic (exact) mass is 237 g/mol. The van der Waals surface area contributed by atoms with Crippen molar-refractivity contribution in [2.24, 2.45) is 5.10 Å². The fourth-order valence-electron chi connectivity index (χ4n) is 0.985. The van der Waals surface area contributed by atoms with Crippen molar-refractivity contribution in [1.29, 1.82) is 0 Å². The van der Waals surface area contributed by atoms with Crippen LogP contribution in [0, 0.1) is 0 Å². The van der Waals surface area contributed by atoms with Crippen LogP contribution in [0.3, 0.4) is 0 Å². The van der Waals surface area contributed by atoms with E-state index >= 15 is 0 Å². The Morgan fingerprint density at radius 1 is 1.50 bits per heavy atom. The van der Waals surface area contributed by atoms with Crippen LogP contribution in [0.1, 0.15) is 5.76 Å². The molecule has 0 radical (unpaired) electrons. The normalized spacial score (nSPS) is 10.8. The summed E-state index contributed by atoms with van der Waals surface area (Å²) in [4.78, 5) is 7.60. The van der Waals surface area contributed by atoms with Gasteiger partial charge in [0.05, 0.1) is 12.5 Å². The first-order valence-electron chi connectivity index (χ1n) is 4.36. The number of nitrogen functional groups attached to an aromatic ring is 1. The summed E-state index contributed by atoms with van der Waals surface area (Å²) in [6.07, 6.45) is 4.34. The second-order valence-electron chi connectivity index (χ2n) is 2.81. The van der Waals surface area contributed by atoms with Gasteiger partial charge < -0.3 is 10.2 Å². The molecule has 2 rings (SSSR count). The predicted octanol–water partition coefficient (Wildman–Crippen LogP) is 1.75. The highest BCUT2D eigenvalue weighted by Crippen LogP contribution is 2.21. The van der Waals surface area contributed by atoms with Crippen molar-refractivity contribution >= 4 is 29.3 Å². The van der Waals surface area contributed by atoms with Crippen LogP contribution >= 0.6 is 11.6 Å². The van der Waals surface area contributed by atoms with Crippen LogP contribution in [0.4, 0.5) is 11.5 Å². The Bertz CT molecular complexity index is 497. The van der Waals surface area contributed by atoms with Crippen molar-refractivity contribution in [3.05, 3.63) is 35.6 Å². The van der Waals surface area contributed by atoms with Gasteiger partial charge in [-0.1, -0.05) is 11.6 Å². The van der Waals surface area contributed by atoms with E-state index in [0.29, 0.717) is 11.6 Å². The van der Waals surface area contributed by atoms with Crippen LogP contribution in [0.5, 0.6) is 0 Å². The van der Waals surface area contributed by atoms with Crippen molar-refractivity contribution in [3.63, 3.8) is 0 Å². The summed E-state index contributed by atoms with van der Waals surface area (Å²) in [6.45, 7) is 0. The van der Waals surface area contributed by atoms with Crippen LogP contribution in [-0.4, -0.2) is 16.2 Å².